The fourth-order valence-electron chi connectivity index (χ4n) is 4.33. The van der Waals surface area contributed by atoms with Crippen LogP contribution in [0.1, 0.15) is 51.9 Å². The second-order valence-electron chi connectivity index (χ2n) is 8.64. The van der Waals surface area contributed by atoms with Gasteiger partial charge in [-0.25, -0.2) is 13.1 Å². The van der Waals surface area contributed by atoms with Crippen molar-refractivity contribution in [3.8, 4) is 0 Å². The molecule has 1 heterocycles. The van der Waals surface area contributed by atoms with Gasteiger partial charge in [-0.15, -0.1) is 0 Å². The van der Waals surface area contributed by atoms with Gasteiger partial charge in [0.2, 0.25) is 21.8 Å². The molecule has 0 bridgehead atoms. The Balaban J connectivity index is 1.42. The smallest absolute Gasteiger partial charge is 0.244 e. The summed E-state index contributed by atoms with van der Waals surface area (Å²) in [6, 6.07) is 5.57. The van der Waals surface area contributed by atoms with E-state index in [4.69, 9.17) is 11.6 Å². The molecule has 2 fully saturated rings. The van der Waals surface area contributed by atoms with E-state index in [2.05, 4.69) is 10.0 Å². The summed E-state index contributed by atoms with van der Waals surface area (Å²) in [6.45, 7) is 3.65. The zero-order valence-corrected chi connectivity index (χ0v) is 19.6. The number of nitrogens with zero attached hydrogens (tertiary/aromatic N) is 1. The third kappa shape index (κ3) is 6.67. The van der Waals surface area contributed by atoms with Crippen LogP contribution in [-0.4, -0.2) is 50.8 Å². The van der Waals surface area contributed by atoms with Gasteiger partial charge < -0.3 is 10.2 Å². The van der Waals surface area contributed by atoms with E-state index in [0.29, 0.717) is 24.4 Å². The molecule has 1 saturated heterocycles. The Kier molecular flexibility index (Phi) is 8.36. The van der Waals surface area contributed by atoms with Crippen molar-refractivity contribution in [2.75, 3.05) is 19.6 Å². The highest BCUT2D eigenvalue weighted by Gasteiger charge is 2.30. The zero-order valence-electron chi connectivity index (χ0n) is 18.0. The van der Waals surface area contributed by atoms with E-state index in [1.807, 2.05) is 4.90 Å². The van der Waals surface area contributed by atoms with E-state index in [1.165, 1.54) is 12.1 Å². The van der Waals surface area contributed by atoms with Gasteiger partial charge in [0, 0.05) is 30.6 Å². The molecule has 1 aliphatic heterocycles. The van der Waals surface area contributed by atoms with Gasteiger partial charge in [0.25, 0.3) is 0 Å². The number of piperidine rings is 1. The molecule has 1 aliphatic carbocycles. The van der Waals surface area contributed by atoms with Gasteiger partial charge in [0.15, 0.2) is 0 Å². The highest BCUT2D eigenvalue weighted by atomic mass is 35.5. The molecule has 172 valence electrons. The van der Waals surface area contributed by atoms with Crippen molar-refractivity contribution in [3.63, 3.8) is 0 Å². The number of carbonyl (C=O) groups excluding carboxylic acids is 2. The summed E-state index contributed by atoms with van der Waals surface area (Å²) in [7, 11) is -3.57. The molecule has 0 unspecified atom stereocenters. The lowest BCUT2D eigenvalue weighted by Gasteiger charge is -2.31. The van der Waals surface area contributed by atoms with Crippen LogP contribution in [-0.2, 0) is 19.6 Å². The summed E-state index contributed by atoms with van der Waals surface area (Å²) in [5.41, 5.74) is 0. The first-order valence-corrected chi connectivity index (χ1v) is 13.0. The maximum Gasteiger partial charge on any atom is 0.244 e. The molecule has 1 aromatic rings. The first-order chi connectivity index (χ1) is 14.8. The number of rotatable bonds is 7. The summed E-state index contributed by atoms with van der Waals surface area (Å²) >= 11 is 5.82. The molecule has 7 nitrogen and oxygen atoms in total. The molecular weight excluding hydrogens is 438 g/mol. The van der Waals surface area contributed by atoms with Crippen molar-refractivity contribution >= 4 is 33.4 Å². The third-order valence-corrected chi connectivity index (χ3v) is 7.99. The highest BCUT2D eigenvalue weighted by Crippen LogP contribution is 2.29. The van der Waals surface area contributed by atoms with E-state index in [-0.39, 0.29) is 28.5 Å². The summed E-state index contributed by atoms with van der Waals surface area (Å²) in [6.07, 6.45) is 6.15. The van der Waals surface area contributed by atoms with Gasteiger partial charge in [0.05, 0.1) is 4.90 Å². The molecular formula is C22H32ClN3O4S. The monoisotopic (exact) mass is 469 g/mol. The number of amides is 2. The molecule has 1 saturated carbocycles. The predicted molar refractivity (Wildman–Crippen MR) is 120 cm³/mol. The van der Waals surface area contributed by atoms with E-state index in [1.54, 1.807) is 19.1 Å². The van der Waals surface area contributed by atoms with Crippen molar-refractivity contribution in [2.24, 2.45) is 11.8 Å². The van der Waals surface area contributed by atoms with Crippen LogP contribution in [0.5, 0.6) is 0 Å². The molecule has 0 aromatic heterocycles. The number of hydrogen-bond acceptors (Lipinski definition) is 4. The van der Waals surface area contributed by atoms with Crippen LogP contribution in [0.25, 0.3) is 0 Å². The van der Waals surface area contributed by atoms with Crippen molar-refractivity contribution in [1.82, 2.24) is 14.9 Å². The van der Waals surface area contributed by atoms with Crippen LogP contribution >= 0.6 is 11.6 Å². The minimum absolute atomic E-state index is 0.00154. The Labute approximate surface area is 190 Å². The lowest BCUT2D eigenvalue weighted by Crippen LogP contribution is -2.50. The van der Waals surface area contributed by atoms with Crippen LogP contribution < -0.4 is 10.0 Å². The standard InChI is InChI=1S/C22H32ClN3O4S/c1-16(22(28)26-13-3-2-4-14-26)25-21(27)18-7-5-17(6-8-18)15-24-31(29,30)20-11-9-19(23)10-12-20/h9-12,16-18,24H,2-8,13-15H2,1H3,(H,25,27)/t16-,17?,18?/m0/s1. The molecule has 9 heteroatoms. The fourth-order valence-corrected chi connectivity index (χ4v) is 5.58. The topological polar surface area (TPSA) is 95.6 Å². The predicted octanol–water partition coefficient (Wildman–Crippen LogP) is 2.94. The van der Waals surface area contributed by atoms with Gasteiger partial charge in [-0.05, 0) is 82.1 Å². The van der Waals surface area contributed by atoms with E-state index < -0.39 is 16.1 Å². The van der Waals surface area contributed by atoms with Crippen LogP contribution in [0.2, 0.25) is 5.02 Å². The van der Waals surface area contributed by atoms with Gasteiger partial charge >= 0.3 is 0 Å². The molecule has 2 amide bonds. The Morgan fingerprint density at radius 1 is 1.06 bits per heavy atom. The Morgan fingerprint density at radius 3 is 2.29 bits per heavy atom. The number of carbonyl (C=O) groups is 2. The van der Waals surface area contributed by atoms with E-state index in [9.17, 15) is 18.0 Å². The number of sulfonamides is 1. The third-order valence-electron chi connectivity index (χ3n) is 6.30. The molecule has 3 rings (SSSR count). The van der Waals surface area contributed by atoms with Gasteiger partial charge in [-0.2, -0.15) is 0 Å². The number of benzene rings is 1. The van der Waals surface area contributed by atoms with Crippen LogP contribution in [0, 0.1) is 11.8 Å². The molecule has 0 spiro atoms. The second-order valence-corrected chi connectivity index (χ2v) is 10.8. The van der Waals surface area contributed by atoms with Crippen molar-refractivity contribution < 1.29 is 18.0 Å². The largest absolute Gasteiger partial charge is 0.344 e. The zero-order chi connectivity index (χ0) is 22.4. The van der Waals surface area contributed by atoms with Crippen LogP contribution in [0.15, 0.2) is 29.2 Å². The van der Waals surface area contributed by atoms with Gasteiger partial charge in [-0.3, -0.25) is 9.59 Å². The summed E-state index contributed by atoms with van der Waals surface area (Å²) in [5.74, 6) is -0.00402. The van der Waals surface area contributed by atoms with Crippen LogP contribution in [0.3, 0.4) is 0 Å². The van der Waals surface area contributed by atoms with Crippen molar-refractivity contribution in [2.45, 2.75) is 62.8 Å². The fraction of sp³-hybridized carbons (Fsp3) is 0.636. The molecule has 1 aromatic carbocycles. The lowest BCUT2D eigenvalue weighted by atomic mass is 9.81. The van der Waals surface area contributed by atoms with E-state index >= 15 is 0 Å². The number of nitrogens with one attached hydrogen (secondary N) is 2. The molecule has 0 radical (unpaired) electrons. The number of hydrogen-bond donors (Lipinski definition) is 2. The highest BCUT2D eigenvalue weighted by molar-refractivity contribution is 7.89. The first-order valence-electron chi connectivity index (χ1n) is 11.1. The molecule has 2 N–H and O–H groups in total. The normalized spacial score (nSPS) is 23.2. The molecule has 1 atom stereocenters. The number of halogens is 1. The quantitative estimate of drug-likeness (QED) is 0.641. The summed E-state index contributed by atoms with van der Waals surface area (Å²) in [5, 5.41) is 3.38. The van der Waals surface area contributed by atoms with Gasteiger partial charge in [0.1, 0.15) is 6.04 Å². The maximum atomic E-state index is 12.6. The first kappa shape index (κ1) is 24.0. The molecule has 31 heavy (non-hydrogen) atoms. The van der Waals surface area contributed by atoms with Crippen molar-refractivity contribution in [1.29, 1.82) is 0 Å². The van der Waals surface area contributed by atoms with E-state index in [0.717, 1.165) is 45.2 Å². The lowest BCUT2D eigenvalue weighted by molar-refractivity contribution is -0.138. The Morgan fingerprint density at radius 2 is 1.68 bits per heavy atom. The Bertz CT molecular complexity index is 861. The van der Waals surface area contributed by atoms with Crippen LogP contribution in [0.4, 0.5) is 0 Å². The summed E-state index contributed by atoms with van der Waals surface area (Å²) < 4.78 is 27.5. The minimum atomic E-state index is -3.57. The average Bonchev–Trinajstić information content (AvgIpc) is 2.78. The van der Waals surface area contributed by atoms with Crippen molar-refractivity contribution in [3.05, 3.63) is 29.3 Å². The maximum absolute atomic E-state index is 12.6. The number of likely N-dealkylation sites (tertiary alicyclic amines) is 1. The SMILES string of the molecule is C[C@H](NC(=O)C1CCC(CNS(=O)(=O)c2ccc(Cl)cc2)CC1)C(=O)N1CCCCC1. The molecule has 2 aliphatic rings. The summed E-state index contributed by atoms with van der Waals surface area (Å²) in [4.78, 5) is 27.2. The van der Waals surface area contributed by atoms with Gasteiger partial charge in [-0.1, -0.05) is 11.6 Å². The second kappa shape index (κ2) is 10.8. The average molecular weight is 470 g/mol. The Hall–Kier alpha value is -1.64. The minimum Gasteiger partial charge on any atom is -0.344 e.